The number of benzene rings is 3. The Kier molecular flexibility index (Phi) is 4.67. The van der Waals surface area contributed by atoms with Gasteiger partial charge in [0.25, 0.3) is 0 Å². The number of carbonyl (C=O) groups excluding carboxylic acids is 1. The van der Waals surface area contributed by atoms with E-state index in [1.165, 1.54) is 0 Å². The quantitative estimate of drug-likeness (QED) is 0.439. The Balaban J connectivity index is 1.82. The summed E-state index contributed by atoms with van der Waals surface area (Å²) in [5.41, 5.74) is 5.63. The highest BCUT2D eigenvalue weighted by molar-refractivity contribution is 5.97. The number of aromatic nitrogens is 1. The smallest absolute Gasteiger partial charge is 0.338 e. The van der Waals surface area contributed by atoms with E-state index in [1.54, 1.807) is 19.1 Å². The molecule has 3 heteroatoms. The van der Waals surface area contributed by atoms with Crippen molar-refractivity contribution in [3.63, 3.8) is 0 Å². The van der Waals surface area contributed by atoms with E-state index in [1.807, 2.05) is 48.5 Å². The number of hydrogen-bond donors (Lipinski definition) is 0. The minimum Gasteiger partial charge on any atom is -0.462 e. The number of hydrogen-bond acceptors (Lipinski definition) is 3. The summed E-state index contributed by atoms with van der Waals surface area (Å²) < 4.78 is 5.05. The molecule has 0 unspecified atom stereocenters. The summed E-state index contributed by atoms with van der Waals surface area (Å²) in [7, 11) is 0. The number of rotatable bonds is 4. The Morgan fingerprint density at radius 3 is 2.30 bits per heavy atom. The van der Waals surface area contributed by atoms with Crippen molar-refractivity contribution < 1.29 is 9.53 Å². The summed E-state index contributed by atoms with van der Waals surface area (Å²) in [5.74, 6) is -0.305. The first-order valence-corrected chi connectivity index (χ1v) is 8.99. The van der Waals surface area contributed by atoms with E-state index in [0.29, 0.717) is 12.2 Å². The van der Waals surface area contributed by atoms with Gasteiger partial charge in [0.15, 0.2) is 0 Å². The molecule has 0 aliphatic carbocycles. The summed E-state index contributed by atoms with van der Waals surface area (Å²) >= 11 is 0. The van der Waals surface area contributed by atoms with E-state index in [4.69, 9.17) is 9.72 Å². The highest BCUT2D eigenvalue weighted by Gasteiger charge is 2.11. The van der Waals surface area contributed by atoms with Crippen LogP contribution >= 0.6 is 0 Å². The first kappa shape index (κ1) is 17.0. The van der Waals surface area contributed by atoms with Gasteiger partial charge in [-0.15, -0.1) is 0 Å². The fourth-order valence-corrected chi connectivity index (χ4v) is 3.17. The van der Waals surface area contributed by atoms with Crippen molar-refractivity contribution in [2.45, 2.75) is 6.92 Å². The number of pyridine rings is 1. The molecule has 0 saturated heterocycles. The van der Waals surface area contributed by atoms with E-state index >= 15 is 0 Å². The fraction of sp³-hybridized carbons (Fsp3) is 0.0833. The number of fused-ring (bicyclic) bond motifs is 1. The van der Waals surface area contributed by atoms with E-state index in [2.05, 4.69) is 24.3 Å². The summed E-state index contributed by atoms with van der Waals surface area (Å²) in [5, 5.41) is 1.12. The lowest BCUT2D eigenvalue weighted by molar-refractivity contribution is 0.0526. The molecule has 132 valence electrons. The van der Waals surface area contributed by atoms with Crippen molar-refractivity contribution in [1.82, 2.24) is 4.98 Å². The molecule has 27 heavy (non-hydrogen) atoms. The molecule has 0 N–H and O–H groups in total. The van der Waals surface area contributed by atoms with Gasteiger partial charge in [-0.25, -0.2) is 9.78 Å². The van der Waals surface area contributed by atoms with E-state index in [-0.39, 0.29) is 5.97 Å². The largest absolute Gasteiger partial charge is 0.462 e. The van der Waals surface area contributed by atoms with Gasteiger partial charge in [-0.05, 0) is 42.3 Å². The predicted molar refractivity (Wildman–Crippen MR) is 109 cm³/mol. The Morgan fingerprint density at radius 1 is 0.852 bits per heavy atom. The monoisotopic (exact) mass is 353 g/mol. The van der Waals surface area contributed by atoms with Crippen molar-refractivity contribution >= 4 is 16.9 Å². The Morgan fingerprint density at radius 2 is 1.56 bits per heavy atom. The number of ether oxygens (including phenoxy) is 1. The standard InChI is InChI=1S/C24H19NO2/c1-2-27-24(26)19-14-12-18(13-15-19)23-16-21(17-8-4-3-5-9-17)20-10-6-7-11-22(20)25-23/h3-16H,2H2,1H3. The van der Waals surface area contributed by atoms with E-state index < -0.39 is 0 Å². The van der Waals surface area contributed by atoms with Crippen molar-refractivity contribution in [1.29, 1.82) is 0 Å². The molecule has 0 atom stereocenters. The molecular weight excluding hydrogens is 334 g/mol. The van der Waals surface area contributed by atoms with Crippen molar-refractivity contribution in [2.75, 3.05) is 6.61 Å². The van der Waals surface area contributed by atoms with E-state index in [9.17, 15) is 4.79 Å². The van der Waals surface area contributed by atoms with Gasteiger partial charge >= 0.3 is 5.97 Å². The van der Waals surface area contributed by atoms with Gasteiger partial charge in [0.2, 0.25) is 0 Å². The van der Waals surface area contributed by atoms with Gasteiger partial charge in [0.1, 0.15) is 0 Å². The highest BCUT2D eigenvalue weighted by Crippen LogP contribution is 2.32. The number of carbonyl (C=O) groups is 1. The van der Waals surface area contributed by atoms with Gasteiger partial charge in [-0.2, -0.15) is 0 Å². The average molecular weight is 353 g/mol. The predicted octanol–water partition coefficient (Wildman–Crippen LogP) is 5.75. The lowest BCUT2D eigenvalue weighted by Gasteiger charge is -2.11. The number of para-hydroxylation sites is 1. The molecule has 1 heterocycles. The fourth-order valence-electron chi connectivity index (χ4n) is 3.17. The van der Waals surface area contributed by atoms with Crippen LogP contribution in [0.1, 0.15) is 17.3 Å². The van der Waals surface area contributed by atoms with Gasteiger partial charge in [-0.1, -0.05) is 60.7 Å². The zero-order valence-corrected chi connectivity index (χ0v) is 15.1. The van der Waals surface area contributed by atoms with Crippen LogP contribution in [0.5, 0.6) is 0 Å². The van der Waals surface area contributed by atoms with E-state index in [0.717, 1.165) is 33.3 Å². The molecule has 0 aliphatic heterocycles. The summed E-state index contributed by atoms with van der Waals surface area (Å²) in [6.45, 7) is 2.17. The number of nitrogens with zero attached hydrogens (tertiary/aromatic N) is 1. The van der Waals surface area contributed by atoms with Gasteiger partial charge in [0, 0.05) is 10.9 Å². The van der Waals surface area contributed by atoms with Crippen molar-refractivity contribution in [2.24, 2.45) is 0 Å². The molecule has 3 aromatic carbocycles. The molecule has 4 rings (SSSR count). The van der Waals surface area contributed by atoms with Gasteiger partial charge < -0.3 is 4.74 Å². The maximum atomic E-state index is 11.9. The molecule has 0 spiro atoms. The molecule has 0 amide bonds. The first-order valence-electron chi connectivity index (χ1n) is 8.99. The average Bonchev–Trinajstić information content (AvgIpc) is 2.74. The molecule has 4 aromatic rings. The Hall–Kier alpha value is -3.46. The van der Waals surface area contributed by atoms with Crippen LogP contribution < -0.4 is 0 Å². The van der Waals surface area contributed by atoms with Crippen LogP contribution in [0.2, 0.25) is 0 Å². The summed E-state index contributed by atoms with van der Waals surface area (Å²) in [6, 6.07) is 28.0. The molecular formula is C24H19NO2. The molecule has 0 saturated carbocycles. The first-order chi connectivity index (χ1) is 13.3. The van der Waals surface area contributed by atoms with Gasteiger partial charge in [-0.3, -0.25) is 0 Å². The topological polar surface area (TPSA) is 39.2 Å². The normalized spacial score (nSPS) is 10.7. The summed E-state index contributed by atoms with van der Waals surface area (Å²) in [6.07, 6.45) is 0. The van der Waals surface area contributed by atoms with Crippen LogP contribution in [0.4, 0.5) is 0 Å². The zero-order chi connectivity index (χ0) is 18.6. The minimum atomic E-state index is -0.305. The molecule has 0 bridgehead atoms. The Bertz CT molecular complexity index is 1090. The minimum absolute atomic E-state index is 0.305. The molecule has 0 aliphatic rings. The second-order valence-electron chi connectivity index (χ2n) is 6.24. The Labute approximate surface area is 158 Å². The second kappa shape index (κ2) is 7.42. The third-order valence-electron chi connectivity index (χ3n) is 4.49. The van der Waals surface area contributed by atoms with Crippen LogP contribution in [-0.2, 0) is 4.74 Å². The SMILES string of the molecule is CCOC(=O)c1ccc(-c2cc(-c3ccccc3)c3ccccc3n2)cc1. The maximum Gasteiger partial charge on any atom is 0.338 e. The molecule has 1 aromatic heterocycles. The van der Waals surface area contributed by atoms with Crippen LogP contribution in [0.3, 0.4) is 0 Å². The van der Waals surface area contributed by atoms with Crippen LogP contribution in [0.25, 0.3) is 33.3 Å². The van der Waals surface area contributed by atoms with Crippen molar-refractivity contribution in [3.8, 4) is 22.4 Å². The third-order valence-corrected chi connectivity index (χ3v) is 4.49. The lowest BCUT2D eigenvalue weighted by Crippen LogP contribution is -2.04. The van der Waals surface area contributed by atoms with Crippen LogP contribution in [0, 0.1) is 0 Å². The number of esters is 1. The molecule has 0 fully saturated rings. The van der Waals surface area contributed by atoms with Crippen molar-refractivity contribution in [3.05, 3.63) is 90.5 Å². The van der Waals surface area contributed by atoms with Gasteiger partial charge in [0.05, 0.1) is 23.4 Å². The molecule has 0 radical (unpaired) electrons. The van der Waals surface area contributed by atoms with Crippen LogP contribution in [0.15, 0.2) is 84.9 Å². The zero-order valence-electron chi connectivity index (χ0n) is 15.1. The molecule has 3 nitrogen and oxygen atoms in total. The highest BCUT2D eigenvalue weighted by atomic mass is 16.5. The maximum absolute atomic E-state index is 11.9. The second-order valence-corrected chi connectivity index (χ2v) is 6.24. The summed E-state index contributed by atoms with van der Waals surface area (Å²) in [4.78, 5) is 16.7. The lowest BCUT2D eigenvalue weighted by atomic mass is 9.98. The third kappa shape index (κ3) is 3.44. The van der Waals surface area contributed by atoms with Crippen LogP contribution in [-0.4, -0.2) is 17.6 Å².